The van der Waals surface area contributed by atoms with Crippen LogP contribution < -0.4 is 20.9 Å². The number of piperazine rings is 1. The second-order valence-electron chi connectivity index (χ2n) is 6.19. The zero-order valence-electron chi connectivity index (χ0n) is 15.0. The van der Waals surface area contributed by atoms with E-state index < -0.39 is 0 Å². The Bertz CT molecular complexity index is 721. The van der Waals surface area contributed by atoms with E-state index in [1.54, 1.807) is 13.4 Å². The average Bonchev–Trinajstić information content (AvgIpc) is 2.67. The van der Waals surface area contributed by atoms with Crippen LogP contribution in [0.2, 0.25) is 5.02 Å². The highest BCUT2D eigenvalue weighted by Gasteiger charge is 2.21. The standard InChI is InChI=1S/C18H25ClN6O/c1-26-11-3-6-21-17-16(20)18(23-13-22-17)25-9-7-24(8-10-25)15-5-2-4-14(19)12-15/h2,4-5,12-13H,3,6-11,20H2,1H3,(H,21,22,23). The van der Waals surface area contributed by atoms with Crippen molar-refractivity contribution in [1.82, 2.24) is 9.97 Å². The molecule has 2 heterocycles. The fourth-order valence-corrected chi connectivity index (χ4v) is 3.24. The number of nitrogens with one attached hydrogen (secondary N) is 1. The minimum Gasteiger partial charge on any atom is -0.393 e. The molecule has 1 aliphatic heterocycles. The maximum atomic E-state index is 6.30. The number of methoxy groups -OCH3 is 1. The van der Waals surface area contributed by atoms with Crippen LogP contribution >= 0.6 is 11.6 Å². The quantitative estimate of drug-likeness (QED) is 0.718. The van der Waals surface area contributed by atoms with Gasteiger partial charge in [0.15, 0.2) is 11.6 Å². The van der Waals surface area contributed by atoms with E-state index in [2.05, 4.69) is 31.2 Å². The number of ether oxygens (including phenoxy) is 1. The minimum absolute atomic E-state index is 0.598. The number of halogens is 1. The lowest BCUT2D eigenvalue weighted by molar-refractivity contribution is 0.198. The predicted octanol–water partition coefficient (Wildman–Crippen LogP) is 2.49. The molecule has 0 radical (unpaired) electrons. The van der Waals surface area contributed by atoms with Gasteiger partial charge in [0.05, 0.1) is 0 Å². The molecular weight excluding hydrogens is 352 g/mol. The molecule has 3 N–H and O–H groups in total. The van der Waals surface area contributed by atoms with Crippen molar-refractivity contribution in [2.24, 2.45) is 0 Å². The van der Waals surface area contributed by atoms with Gasteiger partial charge >= 0.3 is 0 Å². The number of rotatable bonds is 7. The van der Waals surface area contributed by atoms with E-state index >= 15 is 0 Å². The summed E-state index contributed by atoms with van der Waals surface area (Å²) in [5.41, 5.74) is 8.05. The van der Waals surface area contributed by atoms with Gasteiger partial charge in [0.2, 0.25) is 0 Å². The lowest BCUT2D eigenvalue weighted by Crippen LogP contribution is -2.47. The summed E-state index contributed by atoms with van der Waals surface area (Å²) in [7, 11) is 1.69. The van der Waals surface area contributed by atoms with Crippen LogP contribution in [-0.2, 0) is 4.74 Å². The average molecular weight is 377 g/mol. The Labute approximate surface area is 159 Å². The van der Waals surface area contributed by atoms with Crippen molar-refractivity contribution in [3.8, 4) is 0 Å². The third kappa shape index (κ3) is 4.47. The Morgan fingerprint density at radius 1 is 1.19 bits per heavy atom. The summed E-state index contributed by atoms with van der Waals surface area (Å²) in [6.07, 6.45) is 2.46. The molecule has 0 spiro atoms. The Balaban J connectivity index is 1.62. The van der Waals surface area contributed by atoms with Gasteiger partial charge in [-0.15, -0.1) is 0 Å². The predicted molar refractivity (Wildman–Crippen MR) is 107 cm³/mol. The van der Waals surface area contributed by atoms with E-state index in [0.29, 0.717) is 18.1 Å². The first-order valence-corrected chi connectivity index (χ1v) is 9.15. The minimum atomic E-state index is 0.598. The smallest absolute Gasteiger partial charge is 0.157 e. The van der Waals surface area contributed by atoms with Crippen LogP contribution in [0.1, 0.15) is 6.42 Å². The summed E-state index contributed by atoms with van der Waals surface area (Å²) in [4.78, 5) is 13.2. The molecule has 1 aromatic heterocycles. The molecule has 0 saturated carbocycles. The number of nitrogen functional groups attached to an aromatic ring is 1. The van der Waals surface area contributed by atoms with E-state index in [1.807, 2.05) is 18.2 Å². The van der Waals surface area contributed by atoms with E-state index in [0.717, 1.165) is 55.7 Å². The van der Waals surface area contributed by atoms with Gasteiger partial charge in [-0.3, -0.25) is 0 Å². The molecule has 26 heavy (non-hydrogen) atoms. The Kier molecular flexibility index (Phi) is 6.35. The first kappa shape index (κ1) is 18.5. The van der Waals surface area contributed by atoms with Crippen LogP contribution in [0.5, 0.6) is 0 Å². The topological polar surface area (TPSA) is 79.5 Å². The molecule has 1 aromatic carbocycles. The molecular formula is C18H25ClN6O. The fourth-order valence-electron chi connectivity index (χ4n) is 3.05. The molecule has 1 fully saturated rings. The molecule has 2 aromatic rings. The molecule has 1 aliphatic rings. The summed E-state index contributed by atoms with van der Waals surface area (Å²) >= 11 is 6.10. The van der Waals surface area contributed by atoms with Gasteiger partial charge in [0, 0.05) is 57.2 Å². The van der Waals surface area contributed by atoms with Gasteiger partial charge < -0.3 is 25.6 Å². The van der Waals surface area contributed by atoms with Crippen LogP contribution in [0.15, 0.2) is 30.6 Å². The van der Waals surface area contributed by atoms with Gasteiger partial charge in [0.1, 0.15) is 12.0 Å². The van der Waals surface area contributed by atoms with Gasteiger partial charge in [-0.1, -0.05) is 17.7 Å². The third-order valence-electron chi connectivity index (χ3n) is 4.43. The number of anilines is 4. The summed E-state index contributed by atoms with van der Waals surface area (Å²) in [5.74, 6) is 1.48. The summed E-state index contributed by atoms with van der Waals surface area (Å²) in [6, 6.07) is 7.96. The second kappa shape index (κ2) is 8.91. The SMILES string of the molecule is COCCCNc1ncnc(N2CCN(c3cccc(Cl)c3)CC2)c1N. The highest BCUT2D eigenvalue weighted by Crippen LogP contribution is 2.28. The van der Waals surface area contributed by atoms with Crippen molar-refractivity contribution in [2.75, 3.05) is 67.3 Å². The monoisotopic (exact) mass is 376 g/mol. The van der Waals surface area contributed by atoms with Crippen molar-refractivity contribution in [3.05, 3.63) is 35.6 Å². The summed E-state index contributed by atoms with van der Waals surface area (Å²) in [5, 5.41) is 4.02. The maximum absolute atomic E-state index is 6.30. The molecule has 0 atom stereocenters. The van der Waals surface area contributed by atoms with E-state index in [-0.39, 0.29) is 0 Å². The zero-order valence-corrected chi connectivity index (χ0v) is 15.7. The third-order valence-corrected chi connectivity index (χ3v) is 4.67. The van der Waals surface area contributed by atoms with Crippen molar-refractivity contribution in [1.29, 1.82) is 0 Å². The molecule has 3 rings (SSSR count). The number of hydrogen-bond acceptors (Lipinski definition) is 7. The Morgan fingerprint density at radius 3 is 2.69 bits per heavy atom. The highest BCUT2D eigenvalue weighted by atomic mass is 35.5. The summed E-state index contributed by atoms with van der Waals surface area (Å²) in [6.45, 7) is 4.93. The van der Waals surface area contributed by atoms with Gasteiger partial charge in [0.25, 0.3) is 0 Å². The number of benzene rings is 1. The van der Waals surface area contributed by atoms with Crippen LogP contribution in [0.4, 0.5) is 23.0 Å². The second-order valence-corrected chi connectivity index (χ2v) is 6.62. The van der Waals surface area contributed by atoms with Crippen LogP contribution in [0.25, 0.3) is 0 Å². The molecule has 140 valence electrons. The first-order valence-electron chi connectivity index (χ1n) is 8.78. The van der Waals surface area contributed by atoms with Crippen LogP contribution in [-0.4, -0.2) is 56.4 Å². The van der Waals surface area contributed by atoms with Gasteiger partial charge in [-0.25, -0.2) is 9.97 Å². The molecule has 7 nitrogen and oxygen atoms in total. The zero-order chi connectivity index (χ0) is 18.4. The van der Waals surface area contributed by atoms with Crippen molar-refractivity contribution in [3.63, 3.8) is 0 Å². The van der Waals surface area contributed by atoms with E-state index in [4.69, 9.17) is 22.1 Å². The fraction of sp³-hybridized carbons (Fsp3) is 0.444. The maximum Gasteiger partial charge on any atom is 0.157 e. The van der Waals surface area contributed by atoms with E-state index in [9.17, 15) is 0 Å². The molecule has 0 unspecified atom stereocenters. The van der Waals surface area contributed by atoms with Crippen molar-refractivity contribution < 1.29 is 4.74 Å². The number of nitrogens with zero attached hydrogens (tertiary/aromatic N) is 4. The van der Waals surface area contributed by atoms with Crippen molar-refractivity contribution >= 4 is 34.6 Å². The normalized spacial score (nSPS) is 14.5. The Hall–Kier alpha value is -2.25. The van der Waals surface area contributed by atoms with Crippen molar-refractivity contribution in [2.45, 2.75) is 6.42 Å². The van der Waals surface area contributed by atoms with Gasteiger partial charge in [-0.2, -0.15) is 0 Å². The highest BCUT2D eigenvalue weighted by molar-refractivity contribution is 6.30. The first-order chi connectivity index (χ1) is 12.7. The van der Waals surface area contributed by atoms with Gasteiger partial charge in [-0.05, 0) is 24.6 Å². The lowest BCUT2D eigenvalue weighted by Gasteiger charge is -2.37. The van der Waals surface area contributed by atoms with E-state index in [1.165, 1.54) is 0 Å². The Morgan fingerprint density at radius 2 is 1.96 bits per heavy atom. The molecule has 8 heteroatoms. The number of nitrogens with two attached hydrogens (primary N) is 1. The largest absolute Gasteiger partial charge is 0.393 e. The molecule has 0 bridgehead atoms. The number of hydrogen-bond donors (Lipinski definition) is 2. The number of aromatic nitrogens is 2. The summed E-state index contributed by atoms with van der Waals surface area (Å²) < 4.78 is 5.06. The molecule has 0 amide bonds. The lowest BCUT2D eigenvalue weighted by atomic mass is 10.2. The van der Waals surface area contributed by atoms with Crippen LogP contribution in [0, 0.1) is 0 Å². The molecule has 0 aliphatic carbocycles. The van der Waals surface area contributed by atoms with Crippen LogP contribution in [0.3, 0.4) is 0 Å². The molecule has 1 saturated heterocycles.